The summed E-state index contributed by atoms with van der Waals surface area (Å²) < 4.78 is 5.70. The van der Waals surface area contributed by atoms with Crippen molar-refractivity contribution in [2.24, 2.45) is 0 Å². The number of benzene rings is 1. The molecule has 1 amide bonds. The van der Waals surface area contributed by atoms with Crippen LogP contribution in [-0.2, 0) is 22.7 Å². The highest BCUT2D eigenvalue weighted by atomic mass is 16.3. The number of furan rings is 1. The molecule has 0 radical (unpaired) electrons. The number of hydrogen-bond acceptors (Lipinski definition) is 5. The van der Waals surface area contributed by atoms with E-state index in [4.69, 9.17) is 4.42 Å². The molecular weight excluding hydrogens is 344 g/mol. The Kier molecular flexibility index (Phi) is 4.34. The van der Waals surface area contributed by atoms with Crippen LogP contribution < -0.4 is 5.32 Å². The standard InChI is InChI=1S/C21H22N2O4/c1-12-8-15(27-13(12)2)10-22-18-5-3-4-16-17(18)11-23(21(16)26)19-7-6-14(24)9-20(19)25/h3-5,8,19,22H,6-7,9-11H2,1-2H3. The molecule has 6 heteroatoms. The number of rotatable bonds is 4. The van der Waals surface area contributed by atoms with Crippen molar-refractivity contribution in [1.82, 2.24) is 4.90 Å². The highest BCUT2D eigenvalue weighted by Crippen LogP contribution is 2.33. The molecule has 1 aliphatic heterocycles. The van der Waals surface area contributed by atoms with Crippen molar-refractivity contribution < 1.29 is 18.8 Å². The molecule has 6 nitrogen and oxygen atoms in total. The number of carbonyl (C=O) groups excluding carboxylic acids is 3. The van der Waals surface area contributed by atoms with Gasteiger partial charge in [0.25, 0.3) is 5.91 Å². The molecule has 1 aromatic heterocycles. The van der Waals surface area contributed by atoms with Crippen molar-refractivity contribution >= 4 is 23.2 Å². The summed E-state index contributed by atoms with van der Waals surface area (Å²) in [6.07, 6.45) is 0.719. The van der Waals surface area contributed by atoms with E-state index in [9.17, 15) is 14.4 Å². The molecule has 2 heterocycles. The lowest BCUT2D eigenvalue weighted by atomic mass is 9.92. The van der Waals surface area contributed by atoms with E-state index in [1.165, 1.54) is 0 Å². The summed E-state index contributed by atoms with van der Waals surface area (Å²) in [6.45, 7) is 4.85. The summed E-state index contributed by atoms with van der Waals surface area (Å²) in [5.41, 5.74) is 3.50. The molecular formula is C21H22N2O4. The predicted octanol–water partition coefficient (Wildman–Crippen LogP) is 3.16. The Morgan fingerprint density at radius 1 is 1.22 bits per heavy atom. The monoisotopic (exact) mass is 366 g/mol. The first-order chi connectivity index (χ1) is 12.9. The van der Waals surface area contributed by atoms with Gasteiger partial charge in [-0.2, -0.15) is 0 Å². The van der Waals surface area contributed by atoms with Gasteiger partial charge in [0.1, 0.15) is 17.3 Å². The Morgan fingerprint density at radius 2 is 2.04 bits per heavy atom. The molecule has 1 fully saturated rings. The van der Waals surface area contributed by atoms with E-state index >= 15 is 0 Å². The first kappa shape index (κ1) is 17.5. The summed E-state index contributed by atoms with van der Waals surface area (Å²) in [5, 5.41) is 3.35. The largest absolute Gasteiger partial charge is 0.464 e. The van der Waals surface area contributed by atoms with Gasteiger partial charge in [0.05, 0.1) is 19.0 Å². The van der Waals surface area contributed by atoms with Crippen LogP contribution in [0, 0.1) is 13.8 Å². The molecule has 1 saturated carbocycles. The summed E-state index contributed by atoms with van der Waals surface area (Å²) in [7, 11) is 0. The van der Waals surface area contributed by atoms with Crippen LogP contribution in [0.3, 0.4) is 0 Å². The van der Waals surface area contributed by atoms with Gasteiger partial charge in [-0.15, -0.1) is 0 Å². The van der Waals surface area contributed by atoms with Crippen molar-refractivity contribution in [3.8, 4) is 0 Å². The lowest BCUT2D eigenvalue weighted by Gasteiger charge is -2.29. The lowest BCUT2D eigenvalue weighted by molar-refractivity contribution is -0.133. The maximum atomic E-state index is 12.8. The highest BCUT2D eigenvalue weighted by molar-refractivity contribution is 6.08. The topological polar surface area (TPSA) is 79.6 Å². The summed E-state index contributed by atoms with van der Waals surface area (Å²) in [6, 6.07) is 7.08. The second-order valence-electron chi connectivity index (χ2n) is 7.31. The van der Waals surface area contributed by atoms with Gasteiger partial charge in [-0.3, -0.25) is 14.4 Å². The number of fused-ring (bicyclic) bond motifs is 1. The number of carbonyl (C=O) groups is 3. The van der Waals surface area contributed by atoms with Gasteiger partial charge < -0.3 is 14.6 Å². The Balaban J connectivity index is 1.53. The molecule has 1 atom stereocenters. The number of aryl methyl sites for hydroxylation is 2. The first-order valence-corrected chi connectivity index (χ1v) is 9.21. The number of ketones is 2. The van der Waals surface area contributed by atoms with Crippen molar-refractivity contribution in [2.75, 3.05) is 5.32 Å². The van der Waals surface area contributed by atoms with Crippen LogP contribution in [0.1, 0.15) is 52.3 Å². The quantitative estimate of drug-likeness (QED) is 0.841. The van der Waals surface area contributed by atoms with Crippen LogP contribution in [0.25, 0.3) is 0 Å². The Morgan fingerprint density at radius 3 is 2.74 bits per heavy atom. The fourth-order valence-electron chi connectivity index (χ4n) is 3.88. The minimum Gasteiger partial charge on any atom is -0.464 e. The number of Topliss-reactive ketones (excluding diaryl/α,β-unsaturated/α-hetero) is 2. The molecule has 2 aliphatic rings. The van der Waals surface area contributed by atoms with Gasteiger partial charge in [-0.05, 0) is 44.0 Å². The van der Waals surface area contributed by atoms with E-state index in [2.05, 4.69) is 5.32 Å². The fraction of sp³-hybridized carbons (Fsp3) is 0.381. The van der Waals surface area contributed by atoms with Crippen molar-refractivity contribution in [1.29, 1.82) is 0 Å². The molecule has 140 valence electrons. The van der Waals surface area contributed by atoms with Crippen LogP contribution >= 0.6 is 0 Å². The van der Waals surface area contributed by atoms with Gasteiger partial charge in [-0.1, -0.05) is 6.07 Å². The van der Waals surface area contributed by atoms with Crippen molar-refractivity contribution in [2.45, 2.75) is 52.2 Å². The maximum absolute atomic E-state index is 12.8. The van der Waals surface area contributed by atoms with Gasteiger partial charge >= 0.3 is 0 Å². The lowest BCUT2D eigenvalue weighted by Crippen LogP contribution is -2.44. The van der Waals surface area contributed by atoms with Gasteiger partial charge in [0.2, 0.25) is 0 Å². The third-order valence-corrected chi connectivity index (χ3v) is 5.48. The van der Waals surface area contributed by atoms with Gasteiger partial charge in [-0.25, -0.2) is 0 Å². The Labute approximate surface area is 157 Å². The van der Waals surface area contributed by atoms with E-state index in [1.807, 2.05) is 32.0 Å². The average molecular weight is 366 g/mol. The Bertz CT molecular complexity index is 924. The number of nitrogens with zero attached hydrogens (tertiary/aromatic N) is 1. The van der Waals surface area contributed by atoms with E-state index in [0.717, 1.165) is 28.3 Å². The smallest absolute Gasteiger partial charge is 0.255 e. The van der Waals surface area contributed by atoms with E-state index in [1.54, 1.807) is 11.0 Å². The second kappa shape index (κ2) is 6.68. The predicted molar refractivity (Wildman–Crippen MR) is 99.5 cm³/mol. The minimum atomic E-state index is -0.495. The van der Waals surface area contributed by atoms with E-state index in [0.29, 0.717) is 31.5 Å². The Hall–Kier alpha value is -2.89. The molecule has 0 bridgehead atoms. The number of amides is 1. The molecule has 0 spiro atoms. The van der Waals surface area contributed by atoms with Crippen LogP contribution in [0.4, 0.5) is 5.69 Å². The van der Waals surface area contributed by atoms with E-state index in [-0.39, 0.29) is 23.9 Å². The SMILES string of the molecule is Cc1cc(CNc2cccc3c2CN(C2CCC(=O)CC2=O)C3=O)oc1C. The van der Waals surface area contributed by atoms with E-state index < -0.39 is 6.04 Å². The molecule has 1 unspecified atom stereocenters. The third kappa shape index (κ3) is 3.16. The summed E-state index contributed by atoms with van der Waals surface area (Å²) in [4.78, 5) is 38.2. The van der Waals surface area contributed by atoms with Crippen molar-refractivity contribution in [3.63, 3.8) is 0 Å². The first-order valence-electron chi connectivity index (χ1n) is 9.21. The highest BCUT2D eigenvalue weighted by Gasteiger charge is 2.39. The molecule has 1 aromatic carbocycles. The minimum absolute atomic E-state index is 0.0354. The molecule has 0 saturated heterocycles. The molecule has 2 aromatic rings. The van der Waals surface area contributed by atoms with Crippen LogP contribution in [0.5, 0.6) is 0 Å². The zero-order valence-electron chi connectivity index (χ0n) is 15.5. The van der Waals surface area contributed by atoms with Crippen LogP contribution in [0.15, 0.2) is 28.7 Å². The fourth-order valence-corrected chi connectivity index (χ4v) is 3.88. The molecule has 27 heavy (non-hydrogen) atoms. The second-order valence-corrected chi connectivity index (χ2v) is 7.31. The molecule has 1 N–H and O–H groups in total. The van der Waals surface area contributed by atoms with Crippen molar-refractivity contribution in [3.05, 3.63) is 52.5 Å². The summed E-state index contributed by atoms with van der Waals surface area (Å²) >= 11 is 0. The summed E-state index contributed by atoms with van der Waals surface area (Å²) in [5.74, 6) is 1.42. The zero-order valence-corrected chi connectivity index (χ0v) is 15.5. The number of nitrogens with one attached hydrogen (secondary N) is 1. The van der Waals surface area contributed by atoms with Gasteiger partial charge in [0.15, 0.2) is 5.78 Å². The van der Waals surface area contributed by atoms with Gasteiger partial charge in [0, 0.05) is 29.8 Å². The molecule has 4 rings (SSSR count). The zero-order chi connectivity index (χ0) is 19.1. The number of anilines is 1. The van der Waals surface area contributed by atoms with Crippen LogP contribution in [0.2, 0.25) is 0 Å². The number of hydrogen-bond donors (Lipinski definition) is 1. The average Bonchev–Trinajstić information content (AvgIpc) is 3.13. The molecule has 1 aliphatic carbocycles. The van der Waals surface area contributed by atoms with Crippen LogP contribution in [-0.4, -0.2) is 28.4 Å². The maximum Gasteiger partial charge on any atom is 0.255 e. The third-order valence-electron chi connectivity index (χ3n) is 5.48. The normalized spacial score (nSPS) is 19.6.